The van der Waals surface area contributed by atoms with Crippen LogP contribution in [0.25, 0.3) is 0 Å². The number of anilines is 1. The first-order chi connectivity index (χ1) is 14.5. The van der Waals surface area contributed by atoms with Gasteiger partial charge in [-0.3, -0.25) is 19.7 Å². The van der Waals surface area contributed by atoms with Crippen molar-refractivity contribution in [2.24, 2.45) is 0 Å². The van der Waals surface area contributed by atoms with Crippen molar-refractivity contribution in [3.8, 4) is 0 Å². The van der Waals surface area contributed by atoms with E-state index in [4.69, 9.17) is 0 Å². The molecule has 1 saturated carbocycles. The number of nitrogens with zero attached hydrogens (tertiary/aromatic N) is 2. The van der Waals surface area contributed by atoms with Gasteiger partial charge < -0.3 is 15.1 Å². The molecular weight excluding hydrogens is 380 g/mol. The number of carbonyl (C=O) groups excluding carboxylic acids is 3. The highest BCUT2D eigenvalue weighted by molar-refractivity contribution is 6.05. The van der Waals surface area contributed by atoms with Crippen molar-refractivity contribution in [1.29, 1.82) is 0 Å². The van der Waals surface area contributed by atoms with Crippen LogP contribution in [0.5, 0.6) is 0 Å². The Labute approximate surface area is 178 Å². The molecule has 162 valence electrons. The van der Waals surface area contributed by atoms with Crippen molar-refractivity contribution in [2.45, 2.75) is 77.0 Å². The summed E-state index contributed by atoms with van der Waals surface area (Å²) in [6.07, 6.45) is 5.55. The standard InChI is InChI=1S/C23H32N4O3/c1-3-24-18-7-5-6-8-19(18)26(4-2)16-9-10-17-15(13-16)14-27(23(17)30)20-11-12-21(28)25-22(20)29/h9-10,13,18-20,24H,3-8,11-12,14H2,1-2H3,(H,25,28,29)/t18-,19-,20?/m0/s1. The van der Waals surface area contributed by atoms with Crippen LogP contribution in [0.1, 0.15) is 68.3 Å². The Morgan fingerprint density at radius 3 is 2.67 bits per heavy atom. The van der Waals surface area contributed by atoms with Gasteiger partial charge in [0.05, 0.1) is 0 Å². The second-order valence-electron chi connectivity index (χ2n) is 8.54. The molecule has 2 heterocycles. The molecule has 4 rings (SSSR count). The van der Waals surface area contributed by atoms with Gasteiger partial charge in [-0.1, -0.05) is 19.8 Å². The predicted molar refractivity (Wildman–Crippen MR) is 115 cm³/mol. The Kier molecular flexibility index (Phi) is 6.09. The molecule has 2 fully saturated rings. The Hall–Kier alpha value is -2.41. The topological polar surface area (TPSA) is 81.8 Å². The minimum Gasteiger partial charge on any atom is -0.367 e. The van der Waals surface area contributed by atoms with Gasteiger partial charge in [-0.15, -0.1) is 0 Å². The van der Waals surface area contributed by atoms with Crippen LogP contribution in [-0.2, 0) is 16.1 Å². The maximum atomic E-state index is 13.0. The number of benzene rings is 1. The van der Waals surface area contributed by atoms with Gasteiger partial charge >= 0.3 is 0 Å². The summed E-state index contributed by atoms with van der Waals surface area (Å²) in [6, 6.07) is 6.45. The summed E-state index contributed by atoms with van der Waals surface area (Å²) in [7, 11) is 0. The zero-order valence-electron chi connectivity index (χ0n) is 17.9. The summed E-state index contributed by atoms with van der Waals surface area (Å²) in [5, 5.41) is 6.03. The number of nitrogens with one attached hydrogen (secondary N) is 2. The van der Waals surface area contributed by atoms with Gasteiger partial charge in [0.2, 0.25) is 11.8 Å². The van der Waals surface area contributed by atoms with Crippen molar-refractivity contribution >= 4 is 23.4 Å². The van der Waals surface area contributed by atoms with Crippen LogP contribution in [-0.4, -0.2) is 53.8 Å². The van der Waals surface area contributed by atoms with E-state index in [-0.39, 0.29) is 24.1 Å². The second kappa shape index (κ2) is 8.76. The first-order valence-electron chi connectivity index (χ1n) is 11.3. The van der Waals surface area contributed by atoms with Crippen LogP contribution in [0.15, 0.2) is 18.2 Å². The highest BCUT2D eigenvalue weighted by atomic mass is 16.2. The smallest absolute Gasteiger partial charge is 0.255 e. The van der Waals surface area contributed by atoms with E-state index < -0.39 is 6.04 Å². The van der Waals surface area contributed by atoms with Gasteiger partial charge in [0.15, 0.2) is 0 Å². The van der Waals surface area contributed by atoms with E-state index in [1.807, 2.05) is 12.1 Å². The molecule has 0 bridgehead atoms. The number of likely N-dealkylation sites (N-methyl/N-ethyl adjacent to an activating group) is 2. The molecule has 2 N–H and O–H groups in total. The number of fused-ring (bicyclic) bond motifs is 1. The van der Waals surface area contributed by atoms with Crippen LogP contribution >= 0.6 is 0 Å². The summed E-state index contributed by atoms with van der Waals surface area (Å²) in [5.41, 5.74) is 2.78. The van der Waals surface area contributed by atoms with Crippen molar-refractivity contribution in [3.63, 3.8) is 0 Å². The molecule has 30 heavy (non-hydrogen) atoms. The highest BCUT2D eigenvalue weighted by Crippen LogP contribution is 2.33. The molecule has 1 aromatic carbocycles. The number of rotatable bonds is 6. The van der Waals surface area contributed by atoms with Gasteiger partial charge in [-0.2, -0.15) is 0 Å². The molecule has 1 unspecified atom stereocenters. The Morgan fingerprint density at radius 1 is 1.13 bits per heavy atom. The highest BCUT2D eigenvalue weighted by Gasteiger charge is 2.39. The monoisotopic (exact) mass is 412 g/mol. The third kappa shape index (κ3) is 3.83. The van der Waals surface area contributed by atoms with Crippen molar-refractivity contribution in [1.82, 2.24) is 15.5 Å². The van der Waals surface area contributed by atoms with Crippen LogP contribution in [0.3, 0.4) is 0 Å². The molecule has 1 saturated heterocycles. The second-order valence-corrected chi connectivity index (χ2v) is 8.54. The molecule has 2 aliphatic heterocycles. The maximum absolute atomic E-state index is 13.0. The van der Waals surface area contributed by atoms with E-state index in [0.717, 1.165) is 24.3 Å². The van der Waals surface area contributed by atoms with E-state index in [1.54, 1.807) is 4.90 Å². The average Bonchev–Trinajstić information content (AvgIpc) is 3.06. The van der Waals surface area contributed by atoms with E-state index in [0.29, 0.717) is 30.6 Å². The number of piperidine rings is 1. The molecule has 7 nitrogen and oxygen atoms in total. The average molecular weight is 413 g/mol. The van der Waals surface area contributed by atoms with Crippen LogP contribution in [0.2, 0.25) is 0 Å². The van der Waals surface area contributed by atoms with Gasteiger partial charge in [0.1, 0.15) is 6.04 Å². The molecule has 1 aliphatic carbocycles. The third-order valence-corrected chi connectivity index (χ3v) is 6.78. The third-order valence-electron chi connectivity index (χ3n) is 6.78. The Morgan fingerprint density at radius 2 is 1.93 bits per heavy atom. The van der Waals surface area contributed by atoms with Crippen LogP contribution in [0, 0.1) is 0 Å². The van der Waals surface area contributed by atoms with Crippen LogP contribution < -0.4 is 15.5 Å². The fraction of sp³-hybridized carbons (Fsp3) is 0.609. The first-order valence-corrected chi connectivity index (χ1v) is 11.3. The Balaban J connectivity index is 1.55. The molecular formula is C23H32N4O3. The molecule has 7 heteroatoms. The van der Waals surface area contributed by atoms with Crippen molar-refractivity contribution < 1.29 is 14.4 Å². The number of hydrogen-bond donors (Lipinski definition) is 2. The summed E-state index contributed by atoms with van der Waals surface area (Å²) in [4.78, 5) is 40.8. The fourth-order valence-electron chi connectivity index (χ4n) is 5.33. The first kappa shape index (κ1) is 20.8. The quantitative estimate of drug-likeness (QED) is 0.700. The van der Waals surface area contributed by atoms with Gasteiger partial charge in [-0.05, 0) is 56.5 Å². The summed E-state index contributed by atoms with van der Waals surface area (Å²) in [6.45, 7) is 6.65. The SMILES string of the molecule is CCN[C@H]1CCCC[C@@H]1N(CC)c1ccc2c(c1)CN(C1CCC(=O)NC1=O)C2=O. The lowest BCUT2D eigenvalue weighted by atomic mass is 9.88. The Bertz CT molecular complexity index is 838. The minimum atomic E-state index is -0.565. The number of imide groups is 1. The molecule has 0 spiro atoms. The largest absolute Gasteiger partial charge is 0.367 e. The molecule has 0 aromatic heterocycles. The van der Waals surface area contributed by atoms with Gasteiger partial charge in [-0.25, -0.2) is 0 Å². The predicted octanol–water partition coefficient (Wildman–Crippen LogP) is 2.19. The molecule has 3 amide bonds. The van der Waals surface area contributed by atoms with E-state index in [1.165, 1.54) is 25.7 Å². The fourth-order valence-corrected chi connectivity index (χ4v) is 5.33. The lowest BCUT2D eigenvalue weighted by molar-refractivity contribution is -0.136. The molecule has 0 radical (unpaired) electrons. The number of carbonyl (C=O) groups is 3. The summed E-state index contributed by atoms with van der Waals surface area (Å²) < 4.78 is 0. The van der Waals surface area contributed by atoms with Crippen LogP contribution in [0.4, 0.5) is 5.69 Å². The van der Waals surface area contributed by atoms with Crippen molar-refractivity contribution in [2.75, 3.05) is 18.0 Å². The number of amides is 3. The zero-order valence-corrected chi connectivity index (χ0v) is 17.9. The van der Waals surface area contributed by atoms with E-state index >= 15 is 0 Å². The molecule has 3 atom stereocenters. The zero-order chi connectivity index (χ0) is 21.3. The van der Waals surface area contributed by atoms with Gasteiger partial charge in [0, 0.05) is 42.8 Å². The lowest BCUT2D eigenvalue weighted by Gasteiger charge is -2.41. The van der Waals surface area contributed by atoms with Crippen molar-refractivity contribution in [3.05, 3.63) is 29.3 Å². The lowest BCUT2D eigenvalue weighted by Crippen LogP contribution is -2.52. The molecule has 3 aliphatic rings. The van der Waals surface area contributed by atoms with E-state index in [9.17, 15) is 14.4 Å². The summed E-state index contributed by atoms with van der Waals surface area (Å²) >= 11 is 0. The van der Waals surface area contributed by atoms with Gasteiger partial charge in [0.25, 0.3) is 5.91 Å². The minimum absolute atomic E-state index is 0.114. The van der Waals surface area contributed by atoms with E-state index in [2.05, 4.69) is 35.4 Å². The summed E-state index contributed by atoms with van der Waals surface area (Å²) in [5.74, 6) is -0.736. The molecule has 1 aromatic rings. The normalized spacial score (nSPS) is 26.5. The maximum Gasteiger partial charge on any atom is 0.255 e. The number of hydrogen-bond acceptors (Lipinski definition) is 5.